The molecule has 0 saturated carbocycles. The number of fused-ring (bicyclic) bond motifs is 10. The zero-order valence-corrected chi connectivity index (χ0v) is 27.4. The minimum atomic E-state index is 0.619. The molecule has 0 atom stereocenters. The fourth-order valence-electron chi connectivity index (χ4n) is 8.01. The Hall–Kier alpha value is -6.98. The third-order valence-electron chi connectivity index (χ3n) is 10.1. The minimum absolute atomic E-state index is 0.619. The summed E-state index contributed by atoms with van der Waals surface area (Å²) >= 11 is 0. The van der Waals surface area contributed by atoms with Crippen LogP contribution >= 0.6 is 0 Å². The molecule has 0 aliphatic carbocycles. The van der Waals surface area contributed by atoms with Crippen LogP contribution in [0.1, 0.15) is 0 Å². The predicted octanol–water partition coefficient (Wildman–Crippen LogP) is 11.9. The van der Waals surface area contributed by atoms with Gasteiger partial charge in [-0.2, -0.15) is 0 Å². The van der Waals surface area contributed by atoms with Crippen molar-refractivity contribution < 1.29 is 4.42 Å². The minimum Gasteiger partial charge on any atom is -0.456 e. The second-order valence-electron chi connectivity index (χ2n) is 13.0. The summed E-state index contributed by atoms with van der Waals surface area (Å²) < 4.78 is 10.9. The number of nitrogens with zero attached hydrogens (tertiary/aromatic N) is 4. The molecule has 5 heteroatoms. The van der Waals surface area contributed by atoms with Gasteiger partial charge >= 0.3 is 0 Å². The van der Waals surface area contributed by atoms with Crippen molar-refractivity contribution in [1.29, 1.82) is 0 Å². The maximum Gasteiger partial charge on any atom is 0.235 e. The van der Waals surface area contributed by atoms with Crippen LogP contribution in [0, 0.1) is 0 Å². The van der Waals surface area contributed by atoms with Gasteiger partial charge in [-0.15, -0.1) is 0 Å². The van der Waals surface area contributed by atoms with Gasteiger partial charge in [0.15, 0.2) is 0 Å². The van der Waals surface area contributed by atoms with Crippen LogP contribution in [0.2, 0.25) is 0 Å². The van der Waals surface area contributed by atoms with Gasteiger partial charge in [-0.25, -0.2) is 9.97 Å². The molecule has 0 saturated heterocycles. The van der Waals surface area contributed by atoms with E-state index in [1.54, 1.807) is 0 Å². The molecule has 51 heavy (non-hydrogen) atoms. The van der Waals surface area contributed by atoms with Crippen LogP contribution in [-0.4, -0.2) is 19.1 Å². The molecule has 238 valence electrons. The van der Waals surface area contributed by atoms with E-state index >= 15 is 0 Å². The van der Waals surface area contributed by atoms with Crippen LogP contribution in [0.15, 0.2) is 174 Å². The summed E-state index contributed by atoms with van der Waals surface area (Å²) in [6, 6.07) is 59.3. The number of para-hydroxylation sites is 4. The largest absolute Gasteiger partial charge is 0.456 e. The van der Waals surface area contributed by atoms with Gasteiger partial charge in [0.25, 0.3) is 0 Å². The maximum absolute atomic E-state index is 6.31. The molecule has 7 aromatic carbocycles. The van der Waals surface area contributed by atoms with Gasteiger partial charge in [-0.3, -0.25) is 4.57 Å². The predicted molar refractivity (Wildman–Crippen MR) is 209 cm³/mol. The highest BCUT2D eigenvalue weighted by molar-refractivity contribution is 6.28. The Bertz CT molecular complexity index is 3130. The molecule has 0 bridgehead atoms. The molecule has 11 rings (SSSR count). The first-order valence-electron chi connectivity index (χ1n) is 17.2. The van der Waals surface area contributed by atoms with Crippen molar-refractivity contribution in [3.8, 4) is 34.2 Å². The van der Waals surface area contributed by atoms with E-state index in [9.17, 15) is 0 Å². The number of rotatable bonds is 4. The van der Waals surface area contributed by atoms with Crippen LogP contribution in [0.25, 0.3) is 99.7 Å². The number of benzene rings is 7. The maximum atomic E-state index is 6.31. The second-order valence-corrected chi connectivity index (χ2v) is 13.0. The number of furan rings is 1. The van der Waals surface area contributed by atoms with Crippen LogP contribution in [0.3, 0.4) is 0 Å². The first kappa shape index (κ1) is 27.9. The lowest BCUT2D eigenvalue weighted by Gasteiger charge is -2.12. The summed E-state index contributed by atoms with van der Waals surface area (Å²) in [5.41, 5.74) is 11.0. The van der Waals surface area contributed by atoms with Crippen molar-refractivity contribution in [2.45, 2.75) is 0 Å². The summed E-state index contributed by atoms with van der Waals surface area (Å²) in [4.78, 5) is 10.7. The highest BCUT2D eigenvalue weighted by atomic mass is 16.3. The monoisotopic (exact) mass is 652 g/mol. The molecule has 0 radical (unpaired) electrons. The van der Waals surface area contributed by atoms with Crippen molar-refractivity contribution in [2.24, 2.45) is 0 Å². The van der Waals surface area contributed by atoms with Gasteiger partial charge in [0.1, 0.15) is 11.2 Å². The molecule has 5 nitrogen and oxygen atoms in total. The summed E-state index contributed by atoms with van der Waals surface area (Å²) in [7, 11) is 0. The van der Waals surface area contributed by atoms with Crippen LogP contribution in [-0.2, 0) is 0 Å². The van der Waals surface area contributed by atoms with E-state index in [2.05, 4.69) is 149 Å². The Morgan fingerprint density at radius 2 is 0.961 bits per heavy atom. The smallest absolute Gasteiger partial charge is 0.235 e. The average molecular weight is 653 g/mol. The lowest BCUT2D eigenvalue weighted by atomic mass is 10.0. The Morgan fingerprint density at radius 1 is 0.392 bits per heavy atom. The molecular formula is C46H28N4O. The van der Waals surface area contributed by atoms with Gasteiger partial charge in [-0.1, -0.05) is 115 Å². The summed E-state index contributed by atoms with van der Waals surface area (Å²) in [6.45, 7) is 0. The van der Waals surface area contributed by atoms with Gasteiger partial charge < -0.3 is 8.98 Å². The Labute approximate surface area is 292 Å². The lowest BCUT2D eigenvalue weighted by molar-refractivity contribution is 0.669. The first-order valence-corrected chi connectivity index (χ1v) is 17.2. The Balaban J connectivity index is 1.26. The molecule has 4 heterocycles. The summed E-state index contributed by atoms with van der Waals surface area (Å²) in [6.07, 6.45) is 0. The van der Waals surface area contributed by atoms with Crippen molar-refractivity contribution in [2.75, 3.05) is 0 Å². The Morgan fingerprint density at radius 3 is 1.71 bits per heavy atom. The second kappa shape index (κ2) is 10.8. The average Bonchev–Trinajstić information content (AvgIpc) is 3.86. The zero-order valence-electron chi connectivity index (χ0n) is 27.4. The van der Waals surface area contributed by atoms with Gasteiger partial charge in [0, 0.05) is 49.1 Å². The van der Waals surface area contributed by atoms with Gasteiger partial charge in [-0.05, 0) is 54.6 Å². The van der Waals surface area contributed by atoms with E-state index in [-0.39, 0.29) is 0 Å². The van der Waals surface area contributed by atoms with E-state index in [1.165, 1.54) is 21.7 Å². The standard InChI is InChI=1S/C46H28N4O/c1-3-14-29(15-4-1)35-28-36(31-21-13-25-42-43(31)34-20-9-12-24-41(34)51-42)48-46(47-35)50-38-23-11-8-19-33(38)45-40(50)27-26-39-44(45)32-18-7-10-22-37(32)49(39)30-16-5-2-6-17-30/h1-28H. The van der Waals surface area contributed by atoms with Crippen LogP contribution in [0.4, 0.5) is 0 Å². The fraction of sp³-hybridized carbons (Fsp3) is 0. The third-order valence-corrected chi connectivity index (χ3v) is 10.1. The van der Waals surface area contributed by atoms with Gasteiger partial charge in [0.2, 0.25) is 5.95 Å². The molecule has 0 amide bonds. The SMILES string of the molecule is c1ccc(-c2cc(-c3cccc4oc5ccccc5c34)nc(-n3c4ccccc4c4c5c6ccccc6n(-c6ccccc6)c5ccc43)n2)cc1. The van der Waals surface area contributed by atoms with Crippen molar-refractivity contribution >= 4 is 65.6 Å². The molecule has 0 spiro atoms. The lowest BCUT2D eigenvalue weighted by Crippen LogP contribution is -2.04. The number of hydrogen-bond donors (Lipinski definition) is 0. The topological polar surface area (TPSA) is 48.8 Å². The molecule has 0 N–H and O–H groups in total. The zero-order chi connectivity index (χ0) is 33.5. The molecule has 11 aromatic rings. The molecule has 4 aromatic heterocycles. The highest BCUT2D eigenvalue weighted by Crippen LogP contribution is 2.43. The first-order chi connectivity index (χ1) is 25.3. The molecule has 0 aliphatic rings. The molecule has 0 aliphatic heterocycles. The van der Waals surface area contributed by atoms with Crippen molar-refractivity contribution in [3.63, 3.8) is 0 Å². The summed E-state index contributed by atoms with van der Waals surface area (Å²) in [5.74, 6) is 0.619. The van der Waals surface area contributed by atoms with E-state index < -0.39 is 0 Å². The molecule has 0 fully saturated rings. The van der Waals surface area contributed by atoms with Crippen LogP contribution < -0.4 is 0 Å². The van der Waals surface area contributed by atoms with Gasteiger partial charge in [0.05, 0.1) is 33.5 Å². The van der Waals surface area contributed by atoms with E-state index in [0.29, 0.717) is 5.95 Å². The van der Waals surface area contributed by atoms with E-state index in [0.717, 1.165) is 72.1 Å². The quantitative estimate of drug-likeness (QED) is 0.190. The summed E-state index contributed by atoms with van der Waals surface area (Å²) in [5, 5.41) is 6.89. The van der Waals surface area contributed by atoms with Crippen molar-refractivity contribution in [3.05, 3.63) is 170 Å². The van der Waals surface area contributed by atoms with E-state index in [1.807, 2.05) is 30.3 Å². The molecule has 0 unspecified atom stereocenters. The molecular weight excluding hydrogens is 625 g/mol. The number of aromatic nitrogens is 4. The number of hydrogen-bond acceptors (Lipinski definition) is 3. The Kier molecular flexibility index (Phi) is 5.89. The third kappa shape index (κ3) is 4.09. The fourth-order valence-corrected chi connectivity index (χ4v) is 8.01. The highest BCUT2D eigenvalue weighted by Gasteiger charge is 2.23. The van der Waals surface area contributed by atoms with Crippen LogP contribution in [0.5, 0.6) is 0 Å². The van der Waals surface area contributed by atoms with E-state index in [4.69, 9.17) is 14.4 Å². The normalized spacial score (nSPS) is 11.9. The van der Waals surface area contributed by atoms with Crippen molar-refractivity contribution in [1.82, 2.24) is 19.1 Å².